The molecule has 3 rings (SSSR count). The van der Waals surface area contributed by atoms with Crippen molar-refractivity contribution in [1.29, 1.82) is 0 Å². The molecule has 1 amide bonds. The molecule has 1 aromatic rings. The topological polar surface area (TPSA) is 52.7 Å². The molecule has 124 valence electrons. The van der Waals surface area contributed by atoms with E-state index < -0.39 is 0 Å². The fourth-order valence-corrected chi connectivity index (χ4v) is 3.68. The van der Waals surface area contributed by atoms with Crippen molar-refractivity contribution in [3.8, 4) is 0 Å². The molecule has 0 radical (unpaired) electrons. The lowest BCUT2D eigenvalue weighted by Gasteiger charge is -2.33. The van der Waals surface area contributed by atoms with Gasteiger partial charge in [-0.1, -0.05) is 6.92 Å². The van der Waals surface area contributed by atoms with E-state index in [9.17, 15) is 9.59 Å². The van der Waals surface area contributed by atoms with Gasteiger partial charge in [-0.2, -0.15) is 0 Å². The van der Waals surface area contributed by atoms with Crippen LogP contribution in [-0.2, 0) is 11.2 Å². The number of carbonyl (C=O) groups is 2. The van der Waals surface area contributed by atoms with Crippen LogP contribution < -0.4 is 10.2 Å². The second-order valence-corrected chi connectivity index (χ2v) is 6.34. The number of amides is 1. The predicted molar refractivity (Wildman–Crippen MR) is 91.0 cm³/mol. The number of hydrogen-bond acceptors (Lipinski definition) is 4. The van der Waals surface area contributed by atoms with Gasteiger partial charge in [-0.3, -0.25) is 14.5 Å². The summed E-state index contributed by atoms with van der Waals surface area (Å²) in [5.41, 5.74) is 2.85. The summed E-state index contributed by atoms with van der Waals surface area (Å²) >= 11 is 0. The van der Waals surface area contributed by atoms with Crippen molar-refractivity contribution in [3.63, 3.8) is 0 Å². The van der Waals surface area contributed by atoms with Crippen LogP contribution in [0.2, 0.25) is 0 Å². The highest BCUT2D eigenvalue weighted by atomic mass is 16.2. The molecule has 23 heavy (non-hydrogen) atoms. The molecule has 1 aromatic carbocycles. The summed E-state index contributed by atoms with van der Waals surface area (Å²) in [4.78, 5) is 28.7. The Kier molecular flexibility index (Phi) is 4.78. The Morgan fingerprint density at radius 3 is 2.61 bits per heavy atom. The van der Waals surface area contributed by atoms with Crippen molar-refractivity contribution in [1.82, 2.24) is 10.2 Å². The van der Waals surface area contributed by atoms with Gasteiger partial charge >= 0.3 is 0 Å². The number of anilines is 1. The number of rotatable bonds is 4. The number of hydrogen-bond donors (Lipinski definition) is 1. The summed E-state index contributed by atoms with van der Waals surface area (Å²) in [5.74, 6) is 0.272. The van der Waals surface area contributed by atoms with Crippen LogP contribution in [0.4, 0.5) is 5.69 Å². The summed E-state index contributed by atoms with van der Waals surface area (Å²) in [7, 11) is 0. The molecule has 2 heterocycles. The SMILES string of the molecule is CCC(C(=O)c1ccc2c(c1)CCN2C(C)=O)N1CCNCC1. The molecule has 1 unspecified atom stereocenters. The quantitative estimate of drug-likeness (QED) is 0.855. The van der Waals surface area contributed by atoms with Gasteiger partial charge in [0.15, 0.2) is 5.78 Å². The van der Waals surface area contributed by atoms with E-state index in [1.165, 1.54) is 0 Å². The molecule has 1 N–H and O–H groups in total. The van der Waals surface area contributed by atoms with Gasteiger partial charge in [0.2, 0.25) is 5.91 Å². The van der Waals surface area contributed by atoms with Crippen LogP contribution in [-0.4, -0.2) is 55.4 Å². The average Bonchev–Trinajstić information content (AvgIpc) is 2.99. The number of benzene rings is 1. The summed E-state index contributed by atoms with van der Waals surface area (Å²) in [6, 6.07) is 5.76. The first kappa shape index (κ1) is 16.1. The van der Waals surface area contributed by atoms with Crippen molar-refractivity contribution < 1.29 is 9.59 Å². The van der Waals surface area contributed by atoms with E-state index in [0.717, 1.165) is 62.4 Å². The molecule has 1 fully saturated rings. The van der Waals surface area contributed by atoms with Crippen molar-refractivity contribution in [2.24, 2.45) is 0 Å². The Balaban J connectivity index is 1.81. The summed E-state index contributed by atoms with van der Waals surface area (Å²) < 4.78 is 0. The Bertz CT molecular complexity index is 608. The van der Waals surface area contributed by atoms with Gasteiger partial charge in [0.1, 0.15) is 0 Å². The largest absolute Gasteiger partial charge is 0.314 e. The van der Waals surface area contributed by atoms with E-state index in [1.807, 2.05) is 18.2 Å². The van der Waals surface area contributed by atoms with E-state index in [1.54, 1.807) is 11.8 Å². The van der Waals surface area contributed by atoms with Crippen LogP contribution in [0, 0.1) is 0 Å². The van der Waals surface area contributed by atoms with Gasteiger partial charge in [-0.15, -0.1) is 0 Å². The van der Waals surface area contributed by atoms with Crippen LogP contribution >= 0.6 is 0 Å². The third kappa shape index (κ3) is 3.16. The highest BCUT2D eigenvalue weighted by Crippen LogP contribution is 2.29. The molecule has 0 aliphatic carbocycles. The summed E-state index contributed by atoms with van der Waals surface area (Å²) in [5, 5.41) is 3.33. The van der Waals surface area contributed by atoms with Crippen molar-refractivity contribution in [3.05, 3.63) is 29.3 Å². The number of Topliss-reactive ketones (excluding diaryl/α,β-unsaturated/α-hetero) is 1. The molecule has 5 nitrogen and oxygen atoms in total. The number of ketones is 1. The summed E-state index contributed by atoms with van der Waals surface area (Å²) in [6.07, 6.45) is 1.66. The maximum absolute atomic E-state index is 12.9. The fourth-order valence-electron chi connectivity index (χ4n) is 3.68. The Morgan fingerprint density at radius 1 is 1.22 bits per heavy atom. The first-order chi connectivity index (χ1) is 11.1. The average molecular weight is 315 g/mol. The van der Waals surface area contributed by atoms with E-state index in [2.05, 4.69) is 17.1 Å². The molecule has 0 spiro atoms. The zero-order chi connectivity index (χ0) is 16.4. The Hall–Kier alpha value is -1.72. The van der Waals surface area contributed by atoms with Gasteiger partial charge in [0.05, 0.1) is 6.04 Å². The van der Waals surface area contributed by atoms with E-state index in [0.29, 0.717) is 0 Å². The van der Waals surface area contributed by atoms with Crippen LogP contribution in [0.15, 0.2) is 18.2 Å². The minimum atomic E-state index is -0.0412. The molecule has 5 heteroatoms. The molecule has 0 saturated carbocycles. The second-order valence-electron chi connectivity index (χ2n) is 6.34. The lowest BCUT2D eigenvalue weighted by molar-refractivity contribution is -0.116. The molecule has 1 atom stereocenters. The monoisotopic (exact) mass is 315 g/mol. The highest BCUT2D eigenvalue weighted by molar-refractivity contribution is 6.01. The first-order valence-corrected chi connectivity index (χ1v) is 8.52. The minimum Gasteiger partial charge on any atom is -0.314 e. The van der Waals surface area contributed by atoms with E-state index in [4.69, 9.17) is 0 Å². The molecule has 0 aromatic heterocycles. The van der Waals surface area contributed by atoms with Crippen LogP contribution in [0.25, 0.3) is 0 Å². The molecular weight excluding hydrogens is 290 g/mol. The number of carbonyl (C=O) groups excluding carboxylic acids is 2. The maximum Gasteiger partial charge on any atom is 0.223 e. The van der Waals surface area contributed by atoms with Gasteiger partial charge in [-0.05, 0) is 36.6 Å². The zero-order valence-electron chi connectivity index (χ0n) is 14.0. The van der Waals surface area contributed by atoms with E-state index >= 15 is 0 Å². The smallest absolute Gasteiger partial charge is 0.223 e. The Labute approximate surface area is 137 Å². The third-order valence-corrected chi connectivity index (χ3v) is 4.92. The van der Waals surface area contributed by atoms with Crippen molar-refractivity contribution in [2.75, 3.05) is 37.6 Å². The van der Waals surface area contributed by atoms with Crippen LogP contribution in [0.1, 0.15) is 36.2 Å². The van der Waals surface area contributed by atoms with Gasteiger partial charge in [-0.25, -0.2) is 0 Å². The minimum absolute atomic E-state index is 0.0412. The maximum atomic E-state index is 12.9. The van der Waals surface area contributed by atoms with Crippen molar-refractivity contribution >= 4 is 17.4 Å². The predicted octanol–water partition coefficient (Wildman–Crippen LogP) is 1.46. The van der Waals surface area contributed by atoms with Crippen molar-refractivity contribution in [2.45, 2.75) is 32.7 Å². The normalized spacial score (nSPS) is 19.5. The second kappa shape index (κ2) is 6.81. The number of fused-ring (bicyclic) bond motifs is 1. The lowest BCUT2D eigenvalue weighted by atomic mass is 9.97. The standard InChI is InChI=1S/C18H25N3O2/c1-3-16(20-10-7-19-8-11-20)18(23)15-4-5-17-14(12-15)6-9-21(17)13(2)22/h4-5,12,16,19H,3,6-11H2,1-2H3. The first-order valence-electron chi connectivity index (χ1n) is 8.52. The van der Waals surface area contributed by atoms with Gasteiger partial charge < -0.3 is 10.2 Å². The van der Waals surface area contributed by atoms with Gasteiger partial charge in [0, 0.05) is 50.9 Å². The van der Waals surface area contributed by atoms with Gasteiger partial charge in [0.25, 0.3) is 0 Å². The molecule has 0 bridgehead atoms. The van der Waals surface area contributed by atoms with E-state index in [-0.39, 0.29) is 17.7 Å². The van der Waals surface area contributed by atoms with Crippen LogP contribution in [0.5, 0.6) is 0 Å². The summed E-state index contributed by atoms with van der Waals surface area (Å²) in [6.45, 7) is 8.13. The third-order valence-electron chi connectivity index (χ3n) is 4.92. The molecule has 1 saturated heterocycles. The zero-order valence-corrected chi connectivity index (χ0v) is 14.0. The highest BCUT2D eigenvalue weighted by Gasteiger charge is 2.28. The molecular formula is C18H25N3O2. The molecule has 2 aliphatic heterocycles. The number of nitrogens with zero attached hydrogens (tertiary/aromatic N) is 2. The number of nitrogens with one attached hydrogen (secondary N) is 1. The molecule has 2 aliphatic rings. The fraction of sp³-hybridized carbons (Fsp3) is 0.556. The Morgan fingerprint density at radius 2 is 1.96 bits per heavy atom. The lowest BCUT2D eigenvalue weighted by Crippen LogP contribution is -2.51. The van der Waals surface area contributed by atoms with Crippen LogP contribution in [0.3, 0.4) is 0 Å². The number of piperazine rings is 1.